The van der Waals surface area contributed by atoms with Crippen molar-refractivity contribution in [3.05, 3.63) is 0 Å². The minimum atomic E-state index is -0.763. The highest BCUT2D eigenvalue weighted by molar-refractivity contribution is 8.00. The Hall–Kier alpha value is -2.05. The van der Waals surface area contributed by atoms with Crippen LogP contribution in [0.25, 0.3) is 0 Å². The minimum Gasteiger partial charge on any atom is -0.466 e. The first-order valence-electron chi connectivity index (χ1n) is 14.0. The molecule has 2 aliphatic heterocycles. The van der Waals surface area contributed by atoms with E-state index in [0.29, 0.717) is 30.9 Å². The quantitative estimate of drug-likeness (QED) is 0.0965. The van der Waals surface area contributed by atoms with Crippen molar-refractivity contribution in [2.75, 3.05) is 32.6 Å². The van der Waals surface area contributed by atoms with E-state index in [1.807, 2.05) is 11.8 Å². The van der Waals surface area contributed by atoms with Crippen LogP contribution >= 0.6 is 11.8 Å². The molecule has 4 unspecified atom stereocenters. The molecule has 2 heterocycles. The maximum absolute atomic E-state index is 12.1. The lowest BCUT2D eigenvalue weighted by atomic mass is 9.95. The Bertz CT molecular complexity index is 796. The van der Waals surface area contributed by atoms with Crippen LogP contribution in [0.1, 0.15) is 77.0 Å². The second kappa shape index (κ2) is 16.1. The van der Waals surface area contributed by atoms with E-state index < -0.39 is 12.2 Å². The molecular formula is C26H44N4O7S. The number of urea groups is 1. The molecule has 1 aliphatic carbocycles. The summed E-state index contributed by atoms with van der Waals surface area (Å²) in [4.78, 5) is 48.9. The van der Waals surface area contributed by atoms with E-state index in [9.17, 15) is 24.3 Å². The van der Waals surface area contributed by atoms with Crippen LogP contribution in [0.15, 0.2) is 0 Å². The van der Waals surface area contributed by atoms with Crippen LogP contribution in [0.3, 0.4) is 0 Å². The third-order valence-corrected chi connectivity index (χ3v) is 8.85. The summed E-state index contributed by atoms with van der Waals surface area (Å²) in [5.41, 5.74) is 0. The van der Waals surface area contributed by atoms with E-state index in [1.165, 1.54) is 19.3 Å². The maximum atomic E-state index is 12.1. The molecule has 2 saturated heterocycles. The van der Waals surface area contributed by atoms with E-state index in [2.05, 4.69) is 16.0 Å². The summed E-state index contributed by atoms with van der Waals surface area (Å²) in [6, 6.07) is 0.513. The summed E-state index contributed by atoms with van der Waals surface area (Å²) < 4.78 is 10.3. The van der Waals surface area contributed by atoms with Crippen LogP contribution in [-0.4, -0.2) is 96.0 Å². The molecule has 0 bridgehead atoms. The van der Waals surface area contributed by atoms with E-state index in [1.54, 1.807) is 11.9 Å². The highest BCUT2D eigenvalue weighted by Gasteiger charge is 2.42. The topological polar surface area (TPSA) is 146 Å². The number of aliphatic hydroxyl groups is 1. The van der Waals surface area contributed by atoms with Gasteiger partial charge < -0.3 is 30.5 Å². The molecule has 0 spiro atoms. The Labute approximate surface area is 229 Å². The number of nitrogens with zero attached hydrogens (tertiary/aromatic N) is 1. The maximum Gasteiger partial charge on any atom is 0.320 e. The number of carbonyl (C=O) groups excluding carboxylic acids is 4. The predicted octanol–water partition coefficient (Wildman–Crippen LogP) is 1.67. The van der Waals surface area contributed by atoms with Crippen LogP contribution in [0.4, 0.5) is 4.79 Å². The lowest BCUT2D eigenvalue weighted by Gasteiger charge is -2.23. The molecule has 0 aromatic rings. The SMILES string of the molecule is CN(CC(=O)OCCCC(=O)OCCCC(=O)NC1CCCCC1)C(O)CCCC1SCC2NC(=O)NC21. The molecular weight excluding hydrogens is 512 g/mol. The molecule has 0 aromatic heterocycles. The second-order valence-corrected chi connectivity index (χ2v) is 11.8. The largest absolute Gasteiger partial charge is 0.466 e. The van der Waals surface area contributed by atoms with Gasteiger partial charge in [-0.15, -0.1) is 0 Å². The Balaban J connectivity index is 1.15. The van der Waals surface area contributed by atoms with Gasteiger partial charge in [0, 0.05) is 29.9 Å². The van der Waals surface area contributed by atoms with Gasteiger partial charge in [0.25, 0.3) is 0 Å². The fourth-order valence-electron chi connectivity index (χ4n) is 5.16. The number of rotatable bonds is 16. The van der Waals surface area contributed by atoms with E-state index in [-0.39, 0.29) is 62.2 Å². The van der Waals surface area contributed by atoms with Crippen LogP contribution in [-0.2, 0) is 23.9 Å². The lowest BCUT2D eigenvalue weighted by Crippen LogP contribution is -2.38. The number of amides is 3. The molecule has 216 valence electrons. The van der Waals surface area contributed by atoms with E-state index >= 15 is 0 Å². The van der Waals surface area contributed by atoms with Gasteiger partial charge in [-0.3, -0.25) is 19.3 Å². The number of likely N-dealkylation sites (N-methyl/N-ethyl adjacent to an activating group) is 1. The summed E-state index contributed by atoms with van der Waals surface area (Å²) in [5, 5.41) is 19.6. The van der Waals surface area contributed by atoms with Crippen molar-refractivity contribution in [2.24, 2.45) is 0 Å². The molecule has 1 saturated carbocycles. The van der Waals surface area contributed by atoms with Crippen LogP contribution < -0.4 is 16.0 Å². The molecule has 4 atom stereocenters. The number of hydrogen-bond donors (Lipinski definition) is 4. The Morgan fingerprint density at radius 3 is 2.53 bits per heavy atom. The van der Waals surface area contributed by atoms with Gasteiger partial charge in [-0.1, -0.05) is 19.3 Å². The van der Waals surface area contributed by atoms with Gasteiger partial charge in [0.1, 0.15) is 6.23 Å². The number of thioether (sulfide) groups is 1. The van der Waals surface area contributed by atoms with E-state index in [4.69, 9.17) is 9.47 Å². The summed E-state index contributed by atoms with van der Waals surface area (Å²) >= 11 is 1.84. The zero-order chi connectivity index (χ0) is 27.3. The molecule has 38 heavy (non-hydrogen) atoms. The first-order chi connectivity index (χ1) is 18.3. The number of aliphatic hydroxyl groups excluding tert-OH is 1. The number of hydrogen-bond acceptors (Lipinski definition) is 9. The fraction of sp³-hybridized carbons (Fsp3) is 0.846. The molecule has 11 nitrogen and oxygen atoms in total. The van der Waals surface area contributed by atoms with Crippen LogP contribution in [0.5, 0.6) is 0 Å². The third kappa shape index (κ3) is 10.6. The molecule has 4 N–H and O–H groups in total. The zero-order valence-corrected chi connectivity index (χ0v) is 23.3. The Kier molecular flexibility index (Phi) is 13.0. The van der Waals surface area contributed by atoms with Crippen molar-refractivity contribution in [1.29, 1.82) is 0 Å². The van der Waals surface area contributed by atoms with Crippen LogP contribution in [0, 0.1) is 0 Å². The van der Waals surface area contributed by atoms with Crippen molar-refractivity contribution in [3.63, 3.8) is 0 Å². The van der Waals surface area contributed by atoms with Gasteiger partial charge in [0.2, 0.25) is 5.91 Å². The van der Waals surface area contributed by atoms with Crippen molar-refractivity contribution in [1.82, 2.24) is 20.9 Å². The van der Waals surface area contributed by atoms with Gasteiger partial charge in [-0.25, -0.2) is 4.79 Å². The van der Waals surface area contributed by atoms with Gasteiger partial charge in [-0.2, -0.15) is 11.8 Å². The first-order valence-corrected chi connectivity index (χ1v) is 15.0. The third-order valence-electron chi connectivity index (χ3n) is 7.35. The van der Waals surface area contributed by atoms with Crippen molar-refractivity contribution in [3.8, 4) is 0 Å². The average Bonchev–Trinajstić information content (AvgIpc) is 3.44. The minimum absolute atomic E-state index is 0.0116. The molecule has 3 fully saturated rings. The lowest BCUT2D eigenvalue weighted by molar-refractivity contribution is -0.150. The molecule has 3 rings (SSSR count). The summed E-state index contributed by atoms with van der Waals surface area (Å²) in [5.74, 6) is 0.0791. The number of ether oxygens (including phenoxy) is 2. The van der Waals surface area contributed by atoms with Gasteiger partial charge in [0.15, 0.2) is 0 Å². The molecule has 12 heteroatoms. The fourth-order valence-corrected chi connectivity index (χ4v) is 6.70. The number of carbonyl (C=O) groups is 4. The summed E-state index contributed by atoms with van der Waals surface area (Å²) in [7, 11) is 1.67. The normalized spacial score (nSPS) is 23.9. The predicted molar refractivity (Wildman–Crippen MR) is 143 cm³/mol. The van der Waals surface area contributed by atoms with E-state index in [0.717, 1.165) is 31.4 Å². The Morgan fingerprint density at radius 1 is 1.05 bits per heavy atom. The van der Waals surface area contributed by atoms with Gasteiger partial charge >= 0.3 is 18.0 Å². The highest BCUT2D eigenvalue weighted by atomic mass is 32.2. The van der Waals surface area contributed by atoms with Crippen molar-refractivity contribution < 1.29 is 33.8 Å². The van der Waals surface area contributed by atoms with Gasteiger partial charge in [0.05, 0.1) is 31.8 Å². The molecule has 0 radical (unpaired) electrons. The Morgan fingerprint density at radius 2 is 1.76 bits per heavy atom. The highest BCUT2D eigenvalue weighted by Crippen LogP contribution is 2.33. The summed E-state index contributed by atoms with van der Waals surface area (Å²) in [6.45, 7) is 0.256. The molecule has 3 amide bonds. The number of nitrogens with one attached hydrogen (secondary N) is 3. The smallest absolute Gasteiger partial charge is 0.320 e. The van der Waals surface area contributed by atoms with Crippen LogP contribution in [0.2, 0.25) is 0 Å². The standard InChI is InChI=1S/C26H44N4O7S/c1-30(22(32)12-5-10-20-25-19(17-38-20)28-26(35)29-25)16-24(34)37-15-7-13-23(33)36-14-6-11-21(31)27-18-8-3-2-4-9-18/h18-20,22,25,32H,2-17H2,1H3,(H,27,31)(H2,28,29,35). The molecule has 0 aromatic carbocycles. The number of fused-ring (bicyclic) bond motifs is 1. The zero-order valence-electron chi connectivity index (χ0n) is 22.5. The van der Waals surface area contributed by atoms with Gasteiger partial charge in [-0.05, 0) is 52.0 Å². The summed E-state index contributed by atoms with van der Waals surface area (Å²) in [6.07, 6.45) is 8.41. The molecule has 3 aliphatic rings. The van der Waals surface area contributed by atoms with Crippen molar-refractivity contribution in [2.45, 2.75) is 107 Å². The second-order valence-electron chi connectivity index (χ2n) is 10.5. The first kappa shape index (κ1) is 30.5. The van der Waals surface area contributed by atoms with Crippen molar-refractivity contribution >= 4 is 35.6 Å². The monoisotopic (exact) mass is 556 g/mol. The number of esters is 2. The average molecular weight is 557 g/mol.